The van der Waals surface area contributed by atoms with Crippen molar-refractivity contribution in [3.05, 3.63) is 53.6 Å². The molecule has 2 N–H and O–H groups in total. The molecule has 140 valence electrons. The van der Waals surface area contributed by atoms with Crippen molar-refractivity contribution in [1.82, 2.24) is 4.98 Å². The summed E-state index contributed by atoms with van der Waals surface area (Å²) in [6, 6.07) is 9.11. The van der Waals surface area contributed by atoms with Crippen LogP contribution in [-0.2, 0) is 0 Å². The third-order valence-electron chi connectivity index (χ3n) is 5.18. The van der Waals surface area contributed by atoms with Crippen molar-refractivity contribution in [2.45, 2.75) is 19.8 Å². The van der Waals surface area contributed by atoms with Crippen molar-refractivity contribution in [3.63, 3.8) is 0 Å². The highest BCUT2D eigenvalue weighted by atomic mass is 19.1. The number of aromatic amines is 1. The topological polar surface area (TPSA) is 51.6 Å². The van der Waals surface area contributed by atoms with E-state index in [2.05, 4.69) is 21.8 Å². The molecule has 1 aliphatic rings. The summed E-state index contributed by atoms with van der Waals surface area (Å²) < 4.78 is 27.9. The van der Waals surface area contributed by atoms with Crippen molar-refractivity contribution in [2.24, 2.45) is 10.9 Å². The number of aromatic hydroxyl groups is 1. The van der Waals surface area contributed by atoms with Crippen LogP contribution in [0.4, 0.5) is 20.2 Å². The second-order valence-corrected chi connectivity index (χ2v) is 7.14. The third-order valence-corrected chi connectivity index (χ3v) is 5.18. The molecule has 4 nitrogen and oxygen atoms in total. The average molecular weight is 369 g/mol. The van der Waals surface area contributed by atoms with E-state index in [0.29, 0.717) is 33.8 Å². The van der Waals surface area contributed by atoms with E-state index in [1.165, 1.54) is 24.4 Å². The number of nitrogens with one attached hydrogen (secondary N) is 1. The molecule has 0 unspecified atom stereocenters. The van der Waals surface area contributed by atoms with Gasteiger partial charge in [0, 0.05) is 30.8 Å². The highest BCUT2D eigenvalue weighted by Crippen LogP contribution is 2.30. The molecule has 0 bridgehead atoms. The van der Waals surface area contributed by atoms with Gasteiger partial charge in [0.15, 0.2) is 5.88 Å². The Balaban J connectivity index is 1.58. The van der Waals surface area contributed by atoms with E-state index in [0.717, 1.165) is 25.9 Å². The fourth-order valence-corrected chi connectivity index (χ4v) is 3.53. The molecule has 1 aliphatic heterocycles. The molecule has 0 spiro atoms. The zero-order valence-corrected chi connectivity index (χ0v) is 15.0. The van der Waals surface area contributed by atoms with Gasteiger partial charge in [-0.3, -0.25) is 4.99 Å². The predicted octanol–water partition coefficient (Wildman–Crippen LogP) is 5.14. The minimum atomic E-state index is -0.392. The number of piperidine rings is 1. The molecule has 1 saturated heterocycles. The van der Waals surface area contributed by atoms with Crippen LogP contribution in [0.2, 0.25) is 0 Å². The first kappa shape index (κ1) is 17.5. The molecule has 0 radical (unpaired) electrons. The van der Waals surface area contributed by atoms with Gasteiger partial charge in [-0.1, -0.05) is 6.92 Å². The van der Waals surface area contributed by atoms with E-state index < -0.39 is 5.82 Å². The second kappa shape index (κ2) is 7.02. The number of halogens is 2. The van der Waals surface area contributed by atoms with Gasteiger partial charge in [0.1, 0.15) is 11.6 Å². The van der Waals surface area contributed by atoms with Crippen LogP contribution in [0.15, 0.2) is 41.4 Å². The quantitative estimate of drug-likeness (QED) is 0.628. The summed E-state index contributed by atoms with van der Waals surface area (Å²) in [7, 11) is 0. The van der Waals surface area contributed by atoms with E-state index >= 15 is 0 Å². The number of aromatic nitrogens is 1. The zero-order valence-electron chi connectivity index (χ0n) is 15.0. The number of fused-ring (bicyclic) bond motifs is 1. The summed E-state index contributed by atoms with van der Waals surface area (Å²) in [5, 5.41) is 10.7. The number of rotatable bonds is 3. The van der Waals surface area contributed by atoms with Crippen molar-refractivity contribution in [1.29, 1.82) is 0 Å². The summed E-state index contributed by atoms with van der Waals surface area (Å²) >= 11 is 0. The van der Waals surface area contributed by atoms with Crippen LogP contribution in [0.5, 0.6) is 5.88 Å². The fourth-order valence-electron chi connectivity index (χ4n) is 3.53. The SMILES string of the molecule is CC1CCN(c2ccc(N=Cc3c(O)[nH]c4cc(F)ccc34)cc2F)CC1. The van der Waals surface area contributed by atoms with Crippen LogP contribution >= 0.6 is 0 Å². The van der Waals surface area contributed by atoms with Crippen molar-refractivity contribution < 1.29 is 13.9 Å². The van der Waals surface area contributed by atoms with Gasteiger partial charge in [-0.15, -0.1) is 0 Å². The lowest BCUT2D eigenvalue weighted by Crippen LogP contribution is -2.33. The van der Waals surface area contributed by atoms with E-state index in [9.17, 15) is 13.9 Å². The van der Waals surface area contributed by atoms with Gasteiger partial charge in [-0.05, 0) is 49.1 Å². The molecule has 0 atom stereocenters. The van der Waals surface area contributed by atoms with Gasteiger partial charge >= 0.3 is 0 Å². The normalized spacial score (nSPS) is 15.9. The van der Waals surface area contributed by atoms with Gasteiger partial charge in [0.25, 0.3) is 0 Å². The van der Waals surface area contributed by atoms with Gasteiger partial charge in [0.05, 0.1) is 22.5 Å². The molecule has 6 heteroatoms. The maximum Gasteiger partial charge on any atom is 0.198 e. The number of benzene rings is 2. The molecular formula is C21H21F2N3O. The lowest BCUT2D eigenvalue weighted by atomic mass is 9.99. The Morgan fingerprint density at radius 2 is 1.93 bits per heavy atom. The van der Waals surface area contributed by atoms with Crippen molar-refractivity contribution >= 4 is 28.5 Å². The van der Waals surface area contributed by atoms with Crippen LogP contribution in [-0.4, -0.2) is 29.4 Å². The minimum absolute atomic E-state index is 0.0983. The maximum absolute atomic E-state index is 14.6. The van der Waals surface area contributed by atoms with E-state index in [1.54, 1.807) is 18.2 Å². The molecule has 1 aromatic heterocycles. The Hall–Kier alpha value is -2.89. The average Bonchev–Trinajstić information content (AvgIpc) is 2.95. The van der Waals surface area contributed by atoms with Crippen LogP contribution in [0, 0.1) is 17.6 Å². The highest BCUT2D eigenvalue weighted by molar-refractivity contribution is 6.02. The summed E-state index contributed by atoms with van der Waals surface area (Å²) in [5.74, 6) is -0.106. The first-order chi connectivity index (χ1) is 13.0. The van der Waals surface area contributed by atoms with E-state index in [4.69, 9.17) is 0 Å². The van der Waals surface area contributed by atoms with E-state index in [-0.39, 0.29) is 11.7 Å². The second-order valence-electron chi connectivity index (χ2n) is 7.14. The smallest absolute Gasteiger partial charge is 0.198 e. The molecule has 2 heterocycles. The summed E-state index contributed by atoms with van der Waals surface area (Å²) in [6.07, 6.45) is 3.60. The Morgan fingerprint density at radius 3 is 2.67 bits per heavy atom. The van der Waals surface area contributed by atoms with Crippen LogP contribution in [0.25, 0.3) is 10.9 Å². The van der Waals surface area contributed by atoms with E-state index in [1.807, 2.05) is 0 Å². The molecule has 3 aromatic rings. The molecule has 0 amide bonds. The van der Waals surface area contributed by atoms with Gasteiger partial charge in [-0.2, -0.15) is 0 Å². The largest absolute Gasteiger partial charge is 0.494 e. The molecule has 0 saturated carbocycles. The number of aliphatic imine (C=N–C) groups is 1. The zero-order chi connectivity index (χ0) is 19.0. The Kier molecular flexibility index (Phi) is 4.56. The molecule has 2 aromatic carbocycles. The van der Waals surface area contributed by atoms with Gasteiger partial charge < -0.3 is 15.0 Å². The molecule has 4 rings (SSSR count). The number of H-pyrrole nitrogens is 1. The van der Waals surface area contributed by atoms with Crippen LogP contribution in [0.3, 0.4) is 0 Å². The lowest BCUT2D eigenvalue weighted by Gasteiger charge is -2.32. The summed E-state index contributed by atoms with van der Waals surface area (Å²) in [6.45, 7) is 3.95. The third kappa shape index (κ3) is 3.52. The number of hydrogen-bond donors (Lipinski definition) is 2. The predicted molar refractivity (Wildman–Crippen MR) is 104 cm³/mol. The first-order valence-corrected chi connectivity index (χ1v) is 9.10. The molecular weight excluding hydrogens is 348 g/mol. The first-order valence-electron chi connectivity index (χ1n) is 9.10. The maximum atomic E-state index is 14.6. The van der Waals surface area contributed by atoms with Gasteiger partial charge in [0.2, 0.25) is 0 Å². The lowest BCUT2D eigenvalue weighted by molar-refractivity contribution is 0.434. The number of hydrogen-bond acceptors (Lipinski definition) is 3. The van der Waals surface area contributed by atoms with Crippen LogP contribution in [0.1, 0.15) is 25.3 Å². The summed E-state index contributed by atoms with van der Waals surface area (Å²) in [4.78, 5) is 9.07. The Bertz CT molecular complexity index is 1000. The minimum Gasteiger partial charge on any atom is -0.494 e. The number of anilines is 1. The highest BCUT2D eigenvalue weighted by Gasteiger charge is 2.18. The molecule has 1 fully saturated rings. The fraction of sp³-hybridized carbons (Fsp3) is 0.286. The van der Waals surface area contributed by atoms with Gasteiger partial charge in [-0.25, -0.2) is 8.78 Å². The Morgan fingerprint density at radius 1 is 1.15 bits per heavy atom. The summed E-state index contributed by atoms with van der Waals surface area (Å²) in [5.41, 5.74) is 1.98. The van der Waals surface area contributed by atoms with Crippen LogP contribution < -0.4 is 4.90 Å². The van der Waals surface area contributed by atoms with Crippen molar-refractivity contribution in [2.75, 3.05) is 18.0 Å². The molecule has 0 aliphatic carbocycles. The Labute approximate surface area is 156 Å². The number of nitrogens with zero attached hydrogens (tertiary/aromatic N) is 2. The van der Waals surface area contributed by atoms with Crippen molar-refractivity contribution in [3.8, 4) is 5.88 Å². The molecule has 27 heavy (non-hydrogen) atoms. The standard InChI is InChI=1S/C21H21F2N3O/c1-13-6-8-26(9-7-13)20-5-3-15(11-18(20)23)24-12-17-16-4-2-14(22)10-19(16)25-21(17)27/h2-5,10-13,25,27H,6-9H2,1H3. The monoisotopic (exact) mass is 369 g/mol.